The lowest BCUT2D eigenvalue weighted by Gasteiger charge is -2.18. The van der Waals surface area contributed by atoms with Crippen molar-refractivity contribution in [2.75, 3.05) is 24.3 Å². The Morgan fingerprint density at radius 2 is 1.74 bits per heavy atom. The lowest BCUT2D eigenvalue weighted by Crippen LogP contribution is -2.14. The van der Waals surface area contributed by atoms with Crippen molar-refractivity contribution >= 4 is 11.5 Å². The molecule has 0 fully saturated rings. The third-order valence-corrected chi connectivity index (χ3v) is 3.31. The van der Waals surface area contributed by atoms with Gasteiger partial charge in [0.05, 0.1) is 5.69 Å². The fourth-order valence-corrected chi connectivity index (χ4v) is 2.20. The Morgan fingerprint density at radius 1 is 1.05 bits per heavy atom. The molecule has 0 amide bonds. The van der Waals surface area contributed by atoms with Gasteiger partial charge in [-0.05, 0) is 42.7 Å². The fourth-order valence-electron chi connectivity index (χ4n) is 2.20. The van der Waals surface area contributed by atoms with Crippen molar-refractivity contribution < 1.29 is 0 Å². The molecule has 0 aliphatic rings. The molecule has 0 saturated carbocycles. The number of rotatable bonds is 4. The van der Waals surface area contributed by atoms with Crippen molar-refractivity contribution in [1.29, 1.82) is 0 Å². The first-order valence-corrected chi connectivity index (χ1v) is 6.51. The van der Waals surface area contributed by atoms with Crippen LogP contribution in [0.4, 0.5) is 11.5 Å². The lowest BCUT2D eigenvalue weighted by molar-refractivity contribution is 1.04. The second-order valence-electron chi connectivity index (χ2n) is 4.99. The zero-order valence-electron chi connectivity index (χ0n) is 12.1. The van der Waals surface area contributed by atoms with Crippen LogP contribution in [0.15, 0.2) is 36.5 Å². The van der Waals surface area contributed by atoms with Crippen LogP contribution in [0.3, 0.4) is 0 Å². The van der Waals surface area contributed by atoms with Gasteiger partial charge in [0.25, 0.3) is 0 Å². The molecule has 0 spiro atoms. The number of nitrogens with zero attached hydrogens (tertiary/aromatic N) is 2. The van der Waals surface area contributed by atoms with Gasteiger partial charge in [-0.15, -0.1) is 0 Å². The van der Waals surface area contributed by atoms with Crippen molar-refractivity contribution in [2.45, 2.75) is 20.4 Å². The van der Waals surface area contributed by atoms with Gasteiger partial charge in [0.2, 0.25) is 0 Å². The predicted molar refractivity (Wildman–Crippen MR) is 81.8 cm³/mol. The number of hydrogen-bond acceptors (Lipinski definition) is 3. The molecular weight excluding hydrogens is 234 g/mol. The maximum Gasteiger partial charge on any atom is 0.151 e. The van der Waals surface area contributed by atoms with Crippen LogP contribution in [0.5, 0.6) is 0 Å². The summed E-state index contributed by atoms with van der Waals surface area (Å²) in [4.78, 5) is 6.42. The number of benzene rings is 1. The van der Waals surface area contributed by atoms with E-state index in [0.29, 0.717) is 0 Å². The van der Waals surface area contributed by atoms with Crippen LogP contribution >= 0.6 is 0 Å². The van der Waals surface area contributed by atoms with Gasteiger partial charge in [-0.2, -0.15) is 0 Å². The van der Waals surface area contributed by atoms with Gasteiger partial charge in [-0.1, -0.05) is 18.2 Å². The van der Waals surface area contributed by atoms with Crippen LogP contribution in [-0.2, 0) is 6.54 Å². The van der Waals surface area contributed by atoms with Gasteiger partial charge < -0.3 is 10.2 Å². The van der Waals surface area contributed by atoms with Crippen molar-refractivity contribution in [3.05, 3.63) is 53.2 Å². The molecule has 3 heteroatoms. The summed E-state index contributed by atoms with van der Waals surface area (Å²) in [5.41, 5.74) is 5.07. The maximum absolute atomic E-state index is 4.40. The monoisotopic (exact) mass is 255 g/mol. The Morgan fingerprint density at radius 3 is 2.37 bits per heavy atom. The number of hydrogen-bond donors (Lipinski definition) is 1. The highest BCUT2D eigenvalue weighted by molar-refractivity contribution is 5.64. The summed E-state index contributed by atoms with van der Waals surface area (Å²) < 4.78 is 0. The molecule has 3 nitrogen and oxygen atoms in total. The average molecular weight is 255 g/mol. The summed E-state index contributed by atoms with van der Waals surface area (Å²) in [5.74, 6) is 0.966. The SMILES string of the molecule is Cc1cccc(C)c1CNc1cccnc1N(C)C. The molecule has 0 aliphatic carbocycles. The minimum Gasteiger partial charge on any atom is -0.378 e. The first-order valence-electron chi connectivity index (χ1n) is 6.51. The van der Waals surface area contributed by atoms with Gasteiger partial charge >= 0.3 is 0 Å². The molecule has 0 radical (unpaired) electrons. The van der Waals surface area contributed by atoms with Crippen LogP contribution < -0.4 is 10.2 Å². The molecule has 19 heavy (non-hydrogen) atoms. The first-order chi connectivity index (χ1) is 9.09. The van der Waals surface area contributed by atoms with Crippen LogP contribution in [0.2, 0.25) is 0 Å². The molecule has 0 saturated heterocycles. The number of aryl methyl sites for hydroxylation is 2. The van der Waals surface area contributed by atoms with Crippen molar-refractivity contribution in [3.8, 4) is 0 Å². The van der Waals surface area contributed by atoms with E-state index in [2.05, 4.69) is 48.4 Å². The zero-order chi connectivity index (χ0) is 13.8. The largest absolute Gasteiger partial charge is 0.378 e. The number of anilines is 2. The number of nitrogens with one attached hydrogen (secondary N) is 1. The van der Waals surface area contributed by atoms with E-state index in [1.165, 1.54) is 16.7 Å². The Bertz CT molecular complexity index is 541. The van der Waals surface area contributed by atoms with Gasteiger partial charge in [0.1, 0.15) is 0 Å². The predicted octanol–water partition coefficient (Wildman–Crippen LogP) is 3.38. The molecule has 100 valence electrons. The number of aromatic nitrogens is 1. The van der Waals surface area contributed by atoms with E-state index < -0.39 is 0 Å². The van der Waals surface area contributed by atoms with E-state index in [9.17, 15) is 0 Å². The highest BCUT2D eigenvalue weighted by Gasteiger charge is 2.06. The van der Waals surface area contributed by atoms with Crippen molar-refractivity contribution in [2.24, 2.45) is 0 Å². The van der Waals surface area contributed by atoms with Crippen LogP contribution in [0, 0.1) is 13.8 Å². The first kappa shape index (κ1) is 13.4. The summed E-state index contributed by atoms with van der Waals surface area (Å²) in [7, 11) is 4.01. The minimum atomic E-state index is 0.824. The molecule has 1 aromatic carbocycles. The van der Waals surface area contributed by atoms with Crippen LogP contribution in [0.1, 0.15) is 16.7 Å². The van der Waals surface area contributed by atoms with E-state index >= 15 is 0 Å². The van der Waals surface area contributed by atoms with Gasteiger partial charge in [-0.25, -0.2) is 4.98 Å². The Balaban J connectivity index is 2.19. The van der Waals surface area contributed by atoms with Crippen LogP contribution in [0.25, 0.3) is 0 Å². The topological polar surface area (TPSA) is 28.2 Å². The van der Waals surface area contributed by atoms with Gasteiger partial charge in [0.15, 0.2) is 5.82 Å². The molecule has 0 unspecified atom stereocenters. The Hall–Kier alpha value is -2.03. The molecule has 1 aromatic heterocycles. The second-order valence-corrected chi connectivity index (χ2v) is 4.99. The summed E-state index contributed by atoms with van der Waals surface area (Å²) in [6, 6.07) is 10.4. The fraction of sp³-hybridized carbons (Fsp3) is 0.312. The number of pyridine rings is 1. The lowest BCUT2D eigenvalue weighted by atomic mass is 10.0. The average Bonchev–Trinajstić information content (AvgIpc) is 2.38. The standard InChI is InChI=1S/C16H21N3/c1-12-7-5-8-13(2)14(12)11-18-15-9-6-10-17-16(15)19(3)4/h5-10,18H,11H2,1-4H3. The van der Waals surface area contributed by atoms with Crippen molar-refractivity contribution in [1.82, 2.24) is 4.98 Å². The molecule has 2 rings (SSSR count). The van der Waals surface area contributed by atoms with E-state index in [-0.39, 0.29) is 0 Å². The molecule has 2 aromatic rings. The molecule has 1 heterocycles. The summed E-state index contributed by atoms with van der Waals surface area (Å²) in [6.07, 6.45) is 1.82. The second kappa shape index (κ2) is 5.74. The van der Waals surface area contributed by atoms with Gasteiger partial charge in [-0.3, -0.25) is 0 Å². The normalized spacial score (nSPS) is 10.3. The minimum absolute atomic E-state index is 0.824. The molecule has 0 aliphatic heterocycles. The molecule has 0 atom stereocenters. The molecule has 1 N–H and O–H groups in total. The van der Waals surface area contributed by atoms with Crippen LogP contribution in [-0.4, -0.2) is 19.1 Å². The highest BCUT2D eigenvalue weighted by Crippen LogP contribution is 2.22. The van der Waals surface area contributed by atoms with E-state index in [1.807, 2.05) is 31.3 Å². The van der Waals surface area contributed by atoms with E-state index in [1.54, 1.807) is 0 Å². The molecule has 0 bridgehead atoms. The maximum atomic E-state index is 4.40. The third kappa shape index (κ3) is 3.05. The Kier molecular flexibility index (Phi) is 4.05. The quantitative estimate of drug-likeness (QED) is 0.907. The Labute approximate surface area is 115 Å². The van der Waals surface area contributed by atoms with E-state index in [4.69, 9.17) is 0 Å². The zero-order valence-corrected chi connectivity index (χ0v) is 12.1. The summed E-state index contributed by atoms with van der Waals surface area (Å²) in [5, 5.41) is 3.49. The van der Waals surface area contributed by atoms with Gasteiger partial charge in [0, 0.05) is 26.8 Å². The summed E-state index contributed by atoms with van der Waals surface area (Å²) in [6.45, 7) is 5.13. The third-order valence-electron chi connectivity index (χ3n) is 3.31. The van der Waals surface area contributed by atoms with E-state index in [0.717, 1.165) is 18.1 Å². The summed E-state index contributed by atoms with van der Waals surface area (Å²) >= 11 is 0. The van der Waals surface area contributed by atoms with Crippen molar-refractivity contribution in [3.63, 3.8) is 0 Å². The highest BCUT2D eigenvalue weighted by atomic mass is 15.2. The molecular formula is C16H21N3. The smallest absolute Gasteiger partial charge is 0.151 e.